The second kappa shape index (κ2) is 6.18. The lowest BCUT2D eigenvalue weighted by molar-refractivity contribution is -0.124. The standard InChI is InChI=1S/C15H17BrN4O2/c1-10-8-20(5-4-19-3-2-17-13(21)9-19)15-12(14(10)22)6-11(16)7-18-15/h6-8H,2-5,9H2,1H3,(H,17,21). The van der Waals surface area contributed by atoms with Crippen LogP contribution in [0.5, 0.6) is 0 Å². The maximum atomic E-state index is 12.2. The molecule has 1 amide bonds. The van der Waals surface area contributed by atoms with Gasteiger partial charge in [-0.3, -0.25) is 14.5 Å². The van der Waals surface area contributed by atoms with E-state index < -0.39 is 0 Å². The Morgan fingerprint density at radius 3 is 2.95 bits per heavy atom. The lowest BCUT2D eigenvalue weighted by Crippen LogP contribution is -2.48. The number of amides is 1. The molecule has 6 nitrogen and oxygen atoms in total. The fourth-order valence-electron chi connectivity index (χ4n) is 2.70. The number of rotatable bonds is 3. The predicted molar refractivity (Wildman–Crippen MR) is 87.9 cm³/mol. The highest BCUT2D eigenvalue weighted by molar-refractivity contribution is 9.10. The number of piperazine rings is 1. The molecule has 0 unspecified atom stereocenters. The summed E-state index contributed by atoms with van der Waals surface area (Å²) < 4.78 is 2.78. The van der Waals surface area contributed by atoms with E-state index in [9.17, 15) is 9.59 Å². The molecule has 0 spiro atoms. The van der Waals surface area contributed by atoms with Gasteiger partial charge in [-0.05, 0) is 28.9 Å². The molecule has 0 aromatic carbocycles. The van der Waals surface area contributed by atoms with E-state index in [0.717, 1.165) is 17.6 Å². The van der Waals surface area contributed by atoms with E-state index in [1.54, 1.807) is 6.20 Å². The zero-order valence-corrected chi connectivity index (χ0v) is 13.9. The summed E-state index contributed by atoms with van der Waals surface area (Å²) in [6.45, 7) is 5.22. The van der Waals surface area contributed by atoms with Gasteiger partial charge in [0.25, 0.3) is 0 Å². The van der Waals surface area contributed by atoms with Gasteiger partial charge in [0.05, 0.1) is 11.9 Å². The first kappa shape index (κ1) is 15.2. The van der Waals surface area contributed by atoms with Crippen LogP contribution < -0.4 is 10.7 Å². The van der Waals surface area contributed by atoms with Gasteiger partial charge in [0.2, 0.25) is 5.91 Å². The first-order chi connectivity index (χ1) is 10.5. The topological polar surface area (TPSA) is 67.2 Å². The van der Waals surface area contributed by atoms with Gasteiger partial charge in [-0.25, -0.2) is 4.98 Å². The molecule has 116 valence electrons. The van der Waals surface area contributed by atoms with E-state index in [1.165, 1.54) is 0 Å². The number of hydrogen-bond donors (Lipinski definition) is 1. The van der Waals surface area contributed by atoms with E-state index >= 15 is 0 Å². The van der Waals surface area contributed by atoms with Gasteiger partial charge in [-0.1, -0.05) is 0 Å². The Kier molecular flexibility index (Phi) is 4.26. The number of nitrogens with one attached hydrogen (secondary N) is 1. The Hall–Kier alpha value is -1.73. The minimum absolute atomic E-state index is 0.0115. The minimum atomic E-state index is 0.0115. The van der Waals surface area contributed by atoms with Crippen LogP contribution in [0.3, 0.4) is 0 Å². The van der Waals surface area contributed by atoms with Crippen molar-refractivity contribution in [1.82, 2.24) is 19.8 Å². The normalized spacial score (nSPS) is 16.0. The van der Waals surface area contributed by atoms with E-state index in [-0.39, 0.29) is 11.3 Å². The molecule has 22 heavy (non-hydrogen) atoms. The van der Waals surface area contributed by atoms with Crippen LogP contribution >= 0.6 is 15.9 Å². The van der Waals surface area contributed by atoms with Crippen molar-refractivity contribution in [3.8, 4) is 0 Å². The fourth-order valence-corrected chi connectivity index (χ4v) is 3.03. The van der Waals surface area contributed by atoms with Gasteiger partial charge in [0.1, 0.15) is 5.65 Å². The average Bonchev–Trinajstić information content (AvgIpc) is 2.49. The number of carbonyl (C=O) groups excluding carboxylic acids is 1. The van der Waals surface area contributed by atoms with Crippen molar-refractivity contribution < 1.29 is 4.79 Å². The van der Waals surface area contributed by atoms with Crippen molar-refractivity contribution in [1.29, 1.82) is 0 Å². The maximum Gasteiger partial charge on any atom is 0.234 e. The first-order valence-electron chi connectivity index (χ1n) is 7.19. The SMILES string of the molecule is Cc1cn(CCN2CCNC(=O)C2)c2ncc(Br)cc2c1=O. The molecule has 3 heterocycles. The first-order valence-corrected chi connectivity index (χ1v) is 7.98. The Morgan fingerprint density at radius 2 is 2.18 bits per heavy atom. The van der Waals surface area contributed by atoms with Crippen LogP contribution in [0.15, 0.2) is 27.7 Å². The van der Waals surface area contributed by atoms with Gasteiger partial charge in [0, 0.05) is 48.6 Å². The molecule has 0 saturated carbocycles. The zero-order valence-electron chi connectivity index (χ0n) is 12.3. The summed E-state index contributed by atoms with van der Waals surface area (Å²) in [6.07, 6.45) is 3.54. The van der Waals surface area contributed by atoms with Gasteiger partial charge in [-0.15, -0.1) is 0 Å². The average molecular weight is 365 g/mol. The van der Waals surface area contributed by atoms with Gasteiger partial charge in [0.15, 0.2) is 5.43 Å². The summed E-state index contributed by atoms with van der Waals surface area (Å²) in [7, 11) is 0. The van der Waals surface area contributed by atoms with Crippen LogP contribution in [-0.4, -0.2) is 46.5 Å². The van der Waals surface area contributed by atoms with Crippen LogP contribution in [0.1, 0.15) is 5.56 Å². The van der Waals surface area contributed by atoms with Crippen molar-refractivity contribution in [3.63, 3.8) is 0 Å². The number of halogens is 1. The van der Waals surface area contributed by atoms with Gasteiger partial charge in [-0.2, -0.15) is 0 Å². The Balaban J connectivity index is 1.89. The second-order valence-electron chi connectivity index (χ2n) is 5.49. The van der Waals surface area contributed by atoms with Crippen molar-refractivity contribution in [2.75, 3.05) is 26.2 Å². The molecule has 1 saturated heterocycles. The molecule has 0 atom stereocenters. The third-order valence-corrected chi connectivity index (χ3v) is 4.27. The third kappa shape index (κ3) is 3.05. The number of carbonyl (C=O) groups is 1. The summed E-state index contributed by atoms with van der Waals surface area (Å²) >= 11 is 3.36. The molecular weight excluding hydrogens is 348 g/mol. The molecule has 7 heteroatoms. The molecule has 2 aromatic heterocycles. The van der Waals surface area contributed by atoms with Crippen LogP contribution in [0, 0.1) is 6.92 Å². The monoisotopic (exact) mass is 364 g/mol. The van der Waals surface area contributed by atoms with Gasteiger partial charge < -0.3 is 9.88 Å². The van der Waals surface area contributed by atoms with Crippen LogP contribution in [0.4, 0.5) is 0 Å². The lowest BCUT2D eigenvalue weighted by Gasteiger charge is -2.26. The van der Waals surface area contributed by atoms with Crippen molar-refractivity contribution in [2.24, 2.45) is 0 Å². The summed E-state index contributed by atoms with van der Waals surface area (Å²) in [5, 5.41) is 3.43. The largest absolute Gasteiger partial charge is 0.354 e. The highest BCUT2D eigenvalue weighted by Crippen LogP contribution is 2.15. The quantitative estimate of drug-likeness (QED) is 0.878. The smallest absolute Gasteiger partial charge is 0.234 e. The highest BCUT2D eigenvalue weighted by atomic mass is 79.9. The number of pyridine rings is 2. The zero-order chi connectivity index (χ0) is 15.7. The number of hydrogen-bond acceptors (Lipinski definition) is 4. The van der Waals surface area contributed by atoms with E-state index in [1.807, 2.05) is 23.8 Å². The summed E-state index contributed by atoms with van der Waals surface area (Å²) in [5.74, 6) is 0.0641. The van der Waals surface area contributed by atoms with E-state index in [4.69, 9.17) is 0 Å². The molecule has 2 aromatic rings. The molecule has 1 N–H and O–H groups in total. The number of nitrogens with zero attached hydrogens (tertiary/aromatic N) is 3. The molecule has 1 aliphatic rings. The third-order valence-electron chi connectivity index (χ3n) is 3.83. The molecule has 1 aliphatic heterocycles. The molecular formula is C15H17BrN4O2. The number of fused-ring (bicyclic) bond motifs is 1. The lowest BCUT2D eigenvalue weighted by atomic mass is 10.2. The molecule has 0 aliphatic carbocycles. The molecule has 0 bridgehead atoms. The summed E-state index contributed by atoms with van der Waals surface area (Å²) in [4.78, 5) is 30.1. The maximum absolute atomic E-state index is 12.2. The van der Waals surface area contributed by atoms with Crippen molar-refractivity contribution >= 4 is 32.9 Å². The Morgan fingerprint density at radius 1 is 1.36 bits per heavy atom. The number of aromatic nitrogens is 2. The van der Waals surface area contributed by atoms with Crippen molar-refractivity contribution in [2.45, 2.75) is 13.5 Å². The van der Waals surface area contributed by atoms with Crippen LogP contribution in [0.25, 0.3) is 11.0 Å². The number of aryl methyl sites for hydroxylation is 1. The van der Waals surface area contributed by atoms with E-state index in [2.05, 4.69) is 31.1 Å². The summed E-state index contributed by atoms with van der Waals surface area (Å²) in [5.41, 5.74) is 1.39. The fraction of sp³-hybridized carbons (Fsp3) is 0.400. The summed E-state index contributed by atoms with van der Waals surface area (Å²) in [6, 6.07) is 1.81. The Bertz CT molecular complexity index is 787. The van der Waals surface area contributed by atoms with Crippen LogP contribution in [0.2, 0.25) is 0 Å². The van der Waals surface area contributed by atoms with Crippen molar-refractivity contribution in [3.05, 3.63) is 38.7 Å². The highest BCUT2D eigenvalue weighted by Gasteiger charge is 2.16. The van der Waals surface area contributed by atoms with Gasteiger partial charge >= 0.3 is 0 Å². The molecule has 0 radical (unpaired) electrons. The minimum Gasteiger partial charge on any atom is -0.354 e. The molecule has 3 rings (SSSR count). The predicted octanol–water partition coefficient (Wildman–Crippen LogP) is 0.899. The second-order valence-corrected chi connectivity index (χ2v) is 6.40. The van der Waals surface area contributed by atoms with Crippen LogP contribution in [-0.2, 0) is 11.3 Å². The Labute approximate surface area is 136 Å². The van der Waals surface area contributed by atoms with E-state index in [0.29, 0.717) is 36.2 Å². The molecule has 1 fully saturated rings.